The number of aromatic nitrogens is 3. The minimum Gasteiger partial charge on any atom is -0.329 e. The van der Waals surface area contributed by atoms with Gasteiger partial charge in [0, 0.05) is 18.9 Å². The van der Waals surface area contributed by atoms with Crippen LogP contribution in [0.2, 0.25) is 0 Å². The summed E-state index contributed by atoms with van der Waals surface area (Å²) in [5.74, 6) is -0.172. The molecule has 0 radical (unpaired) electrons. The van der Waals surface area contributed by atoms with Gasteiger partial charge in [-0.05, 0) is 25.0 Å². The van der Waals surface area contributed by atoms with Crippen molar-refractivity contribution >= 4 is 5.91 Å². The number of carbonyl (C=O) groups excluding carboxylic acids is 1. The Morgan fingerprint density at radius 3 is 2.95 bits per heavy atom. The van der Waals surface area contributed by atoms with Crippen LogP contribution in [0.25, 0.3) is 0 Å². The standard InChI is InChI=1S/C14H14N4O2/c19-13-9-16-11(8-17-13)14(20)18-7-3-5-12(18)10-4-1-2-6-15-10/h1-2,4,6,8-9,12H,3,5,7H2,(H,17,19)/t12-/m1/s1. The molecule has 1 atom stereocenters. The zero-order valence-electron chi connectivity index (χ0n) is 10.8. The van der Waals surface area contributed by atoms with Crippen molar-refractivity contribution in [3.05, 3.63) is 58.5 Å². The molecule has 0 spiro atoms. The first-order valence-corrected chi connectivity index (χ1v) is 6.52. The number of nitrogens with one attached hydrogen (secondary N) is 1. The Hall–Kier alpha value is -2.50. The van der Waals surface area contributed by atoms with Crippen molar-refractivity contribution in [2.45, 2.75) is 18.9 Å². The highest BCUT2D eigenvalue weighted by atomic mass is 16.2. The quantitative estimate of drug-likeness (QED) is 0.887. The second-order valence-electron chi connectivity index (χ2n) is 4.71. The number of likely N-dealkylation sites (tertiary alicyclic amines) is 1. The summed E-state index contributed by atoms with van der Waals surface area (Å²) in [4.78, 5) is 35.9. The van der Waals surface area contributed by atoms with Gasteiger partial charge in [0.1, 0.15) is 5.69 Å². The minimum absolute atomic E-state index is 0.0163. The van der Waals surface area contributed by atoms with Gasteiger partial charge in [0.25, 0.3) is 11.5 Å². The van der Waals surface area contributed by atoms with E-state index in [0.29, 0.717) is 6.54 Å². The number of hydrogen-bond acceptors (Lipinski definition) is 4. The van der Waals surface area contributed by atoms with E-state index in [1.54, 1.807) is 11.1 Å². The van der Waals surface area contributed by atoms with E-state index >= 15 is 0 Å². The first-order valence-electron chi connectivity index (χ1n) is 6.52. The number of amides is 1. The number of aromatic amines is 1. The Morgan fingerprint density at radius 1 is 1.35 bits per heavy atom. The minimum atomic E-state index is -0.316. The zero-order valence-corrected chi connectivity index (χ0v) is 10.8. The number of hydrogen-bond donors (Lipinski definition) is 1. The van der Waals surface area contributed by atoms with Gasteiger partial charge in [0.2, 0.25) is 0 Å². The zero-order chi connectivity index (χ0) is 13.9. The predicted octanol–water partition coefficient (Wildman–Crippen LogP) is 1.14. The number of H-pyrrole nitrogens is 1. The summed E-state index contributed by atoms with van der Waals surface area (Å²) < 4.78 is 0. The maximum absolute atomic E-state index is 12.5. The summed E-state index contributed by atoms with van der Waals surface area (Å²) in [5, 5.41) is 0. The third-order valence-electron chi connectivity index (χ3n) is 3.43. The average molecular weight is 270 g/mol. The molecular formula is C14H14N4O2. The summed E-state index contributed by atoms with van der Waals surface area (Å²) in [6.45, 7) is 0.681. The highest BCUT2D eigenvalue weighted by Gasteiger charge is 2.31. The fraction of sp³-hybridized carbons (Fsp3) is 0.286. The summed E-state index contributed by atoms with van der Waals surface area (Å²) >= 11 is 0. The first-order chi connectivity index (χ1) is 9.75. The molecule has 2 aromatic heterocycles. The van der Waals surface area contributed by atoms with Crippen LogP contribution >= 0.6 is 0 Å². The lowest BCUT2D eigenvalue weighted by Crippen LogP contribution is -2.32. The first kappa shape index (κ1) is 12.5. The van der Waals surface area contributed by atoms with Crippen LogP contribution in [0.4, 0.5) is 0 Å². The molecule has 6 nitrogen and oxygen atoms in total. The fourth-order valence-corrected chi connectivity index (χ4v) is 2.50. The van der Waals surface area contributed by atoms with Gasteiger partial charge in [0.15, 0.2) is 0 Å². The van der Waals surface area contributed by atoms with Crippen molar-refractivity contribution in [2.75, 3.05) is 6.54 Å². The van der Waals surface area contributed by atoms with E-state index in [0.717, 1.165) is 24.7 Å². The van der Waals surface area contributed by atoms with Gasteiger partial charge >= 0.3 is 0 Å². The van der Waals surface area contributed by atoms with Crippen molar-refractivity contribution < 1.29 is 4.79 Å². The van der Waals surface area contributed by atoms with Crippen LogP contribution in [0.3, 0.4) is 0 Å². The summed E-state index contributed by atoms with van der Waals surface area (Å²) in [6, 6.07) is 5.68. The molecule has 1 fully saturated rings. The topological polar surface area (TPSA) is 79.0 Å². The smallest absolute Gasteiger partial charge is 0.274 e. The molecule has 1 N–H and O–H groups in total. The van der Waals surface area contributed by atoms with E-state index in [1.807, 2.05) is 18.2 Å². The highest BCUT2D eigenvalue weighted by Crippen LogP contribution is 2.31. The van der Waals surface area contributed by atoms with Crippen LogP contribution in [-0.2, 0) is 0 Å². The van der Waals surface area contributed by atoms with Crippen LogP contribution in [0, 0.1) is 0 Å². The number of carbonyl (C=O) groups is 1. The highest BCUT2D eigenvalue weighted by molar-refractivity contribution is 5.92. The fourth-order valence-electron chi connectivity index (χ4n) is 2.50. The summed E-state index contributed by atoms with van der Waals surface area (Å²) in [6.07, 6.45) is 6.05. The Kier molecular flexibility index (Phi) is 3.28. The molecule has 0 bridgehead atoms. The molecule has 0 aliphatic carbocycles. The molecule has 2 aromatic rings. The Morgan fingerprint density at radius 2 is 2.25 bits per heavy atom. The van der Waals surface area contributed by atoms with E-state index in [9.17, 15) is 9.59 Å². The Bertz CT molecular complexity index is 648. The molecule has 20 heavy (non-hydrogen) atoms. The van der Waals surface area contributed by atoms with Crippen LogP contribution < -0.4 is 5.56 Å². The number of nitrogens with zero attached hydrogens (tertiary/aromatic N) is 3. The molecule has 1 aliphatic heterocycles. The molecule has 0 saturated carbocycles. The van der Waals surface area contributed by atoms with Gasteiger partial charge < -0.3 is 9.88 Å². The largest absolute Gasteiger partial charge is 0.329 e. The Labute approximate surface area is 115 Å². The van der Waals surface area contributed by atoms with E-state index in [-0.39, 0.29) is 23.2 Å². The SMILES string of the molecule is O=C(c1c[nH]c(=O)cn1)N1CCC[C@@H]1c1ccccn1. The maximum atomic E-state index is 12.5. The van der Waals surface area contributed by atoms with Gasteiger partial charge in [0.05, 0.1) is 17.9 Å². The Balaban J connectivity index is 1.87. The van der Waals surface area contributed by atoms with Crippen LogP contribution in [0.1, 0.15) is 35.1 Å². The molecule has 1 amide bonds. The van der Waals surface area contributed by atoms with E-state index < -0.39 is 0 Å². The van der Waals surface area contributed by atoms with Crippen LogP contribution in [-0.4, -0.2) is 32.3 Å². The van der Waals surface area contributed by atoms with Gasteiger partial charge in [-0.2, -0.15) is 0 Å². The third kappa shape index (κ3) is 2.32. The van der Waals surface area contributed by atoms with E-state index in [2.05, 4.69) is 15.0 Å². The number of pyridine rings is 1. The van der Waals surface area contributed by atoms with Crippen molar-refractivity contribution in [3.63, 3.8) is 0 Å². The van der Waals surface area contributed by atoms with Crippen molar-refractivity contribution in [1.29, 1.82) is 0 Å². The van der Waals surface area contributed by atoms with Crippen molar-refractivity contribution in [1.82, 2.24) is 19.9 Å². The number of rotatable bonds is 2. The van der Waals surface area contributed by atoms with Crippen molar-refractivity contribution in [2.24, 2.45) is 0 Å². The molecule has 3 heterocycles. The average Bonchev–Trinajstić information content (AvgIpc) is 2.97. The molecule has 6 heteroatoms. The molecule has 0 unspecified atom stereocenters. The lowest BCUT2D eigenvalue weighted by atomic mass is 10.1. The van der Waals surface area contributed by atoms with Crippen LogP contribution in [0.15, 0.2) is 41.6 Å². The second kappa shape index (κ2) is 5.24. The molecule has 0 aromatic carbocycles. The second-order valence-corrected chi connectivity index (χ2v) is 4.71. The lowest BCUT2D eigenvalue weighted by molar-refractivity contribution is 0.0726. The van der Waals surface area contributed by atoms with Gasteiger partial charge in [-0.25, -0.2) is 4.98 Å². The predicted molar refractivity (Wildman–Crippen MR) is 72.1 cm³/mol. The molecule has 1 saturated heterocycles. The molecule has 102 valence electrons. The third-order valence-corrected chi connectivity index (χ3v) is 3.43. The van der Waals surface area contributed by atoms with Gasteiger partial charge in [-0.15, -0.1) is 0 Å². The van der Waals surface area contributed by atoms with E-state index in [4.69, 9.17) is 0 Å². The summed E-state index contributed by atoms with van der Waals surface area (Å²) in [5.41, 5.74) is 0.833. The normalized spacial score (nSPS) is 18.2. The van der Waals surface area contributed by atoms with Gasteiger partial charge in [-0.1, -0.05) is 6.07 Å². The van der Waals surface area contributed by atoms with Gasteiger partial charge in [-0.3, -0.25) is 14.6 Å². The summed E-state index contributed by atoms with van der Waals surface area (Å²) in [7, 11) is 0. The molecule has 1 aliphatic rings. The monoisotopic (exact) mass is 270 g/mol. The lowest BCUT2D eigenvalue weighted by Gasteiger charge is -2.23. The molecular weight excluding hydrogens is 256 g/mol. The molecule has 3 rings (SSSR count). The van der Waals surface area contributed by atoms with E-state index in [1.165, 1.54) is 6.20 Å². The van der Waals surface area contributed by atoms with Crippen molar-refractivity contribution in [3.8, 4) is 0 Å². The maximum Gasteiger partial charge on any atom is 0.274 e. The van der Waals surface area contributed by atoms with Crippen LogP contribution in [0.5, 0.6) is 0 Å².